The van der Waals surface area contributed by atoms with Crippen molar-refractivity contribution in [2.75, 3.05) is 0 Å². The Hall–Kier alpha value is -4.52. The molecule has 0 fully saturated rings. The second-order valence-electron chi connectivity index (χ2n) is 8.28. The van der Waals surface area contributed by atoms with E-state index in [1.54, 1.807) is 22.9 Å². The molecule has 35 heavy (non-hydrogen) atoms. The van der Waals surface area contributed by atoms with Gasteiger partial charge in [0.1, 0.15) is 18.0 Å². The number of carbonyl (C=O) groups excluding carboxylic acids is 1. The van der Waals surface area contributed by atoms with Crippen LogP contribution in [0, 0.1) is 12.7 Å². The van der Waals surface area contributed by atoms with Gasteiger partial charge in [-0.05, 0) is 47.9 Å². The summed E-state index contributed by atoms with van der Waals surface area (Å²) in [7, 11) is 0. The first-order valence-electron chi connectivity index (χ1n) is 11.3. The van der Waals surface area contributed by atoms with Crippen molar-refractivity contribution in [3.8, 4) is 16.8 Å². The summed E-state index contributed by atoms with van der Waals surface area (Å²) in [6.07, 6.45) is 0. The van der Waals surface area contributed by atoms with E-state index < -0.39 is 0 Å². The molecule has 1 amide bonds. The summed E-state index contributed by atoms with van der Waals surface area (Å²) >= 11 is 0. The average Bonchev–Trinajstić information content (AvgIpc) is 3.23. The molecule has 7 heteroatoms. The Kier molecular flexibility index (Phi) is 5.97. The fourth-order valence-corrected chi connectivity index (χ4v) is 4.21. The summed E-state index contributed by atoms with van der Waals surface area (Å²) in [4.78, 5) is 26.3. The van der Waals surface area contributed by atoms with Crippen molar-refractivity contribution in [1.82, 2.24) is 19.7 Å². The maximum absolute atomic E-state index is 13.4. The lowest BCUT2D eigenvalue weighted by molar-refractivity contribution is -0.121. The number of carbonyl (C=O) groups is 1. The highest BCUT2D eigenvalue weighted by Crippen LogP contribution is 2.31. The number of para-hydroxylation sites is 1. The van der Waals surface area contributed by atoms with Gasteiger partial charge in [-0.3, -0.25) is 14.2 Å². The van der Waals surface area contributed by atoms with E-state index in [4.69, 9.17) is 5.10 Å². The zero-order chi connectivity index (χ0) is 24.4. The molecule has 6 nitrogen and oxygen atoms in total. The van der Waals surface area contributed by atoms with Crippen LogP contribution in [0.5, 0.6) is 0 Å². The van der Waals surface area contributed by atoms with Crippen LogP contribution in [-0.2, 0) is 17.9 Å². The molecule has 3 aromatic carbocycles. The van der Waals surface area contributed by atoms with Crippen LogP contribution >= 0.6 is 0 Å². The summed E-state index contributed by atoms with van der Waals surface area (Å²) in [5.41, 5.74) is 4.23. The monoisotopic (exact) mass is 466 g/mol. The second-order valence-corrected chi connectivity index (χ2v) is 8.28. The molecular weight excluding hydrogens is 443 g/mol. The van der Waals surface area contributed by atoms with Crippen LogP contribution in [0.15, 0.2) is 95.8 Å². The molecule has 0 aliphatic carbocycles. The van der Waals surface area contributed by atoms with E-state index in [2.05, 4.69) is 5.32 Å². The molecule has 0 atom stereocenters. The molecule has 5 aromatic rings. The second kappa shape index (κ2) is 9.38. The molecule has 2 heterocycles. The number of aryl methyl sites for hydroxylation is 1. The molecule has 0 spiro atoms. The summed E-state index contributed by atoms with van der Waals surface area (Å²) in [5.74, 6) is -0.666. The Morgan fingerprint density at radius 1 is 0.943 bits per heavy atom. The summed E-state index contributed by atoms with van der Waals surface area (Å²) in [6.45, 7) is 1.96. The molecule has 0 saturated carbocycles. The first kappa shape index (κ1) is 22.3. The van der Waals surface area contributed by atoms with Crippen molar-refractivity contribution in [3.05, 3.63) is 118 Å². The minimum atomic E-state index is -0.336. The maximum Gasteiger partial charge on any atom is 0.253 e. The lowest BCUT2D eigenvalue weighted by Gasteiger charge is -2.14. The minimum Gasteiger partial charge on any atom is -0.350 e. The van der Waals surface area contributed by atoms with Gasteiger partial charge in [-0.2, -0.15) is 5.10 Å². The van der Waals surface area contributed by atoms with E-state index >= 15 is 0 Å². The molecule has 0 bridgehead atoms. The number of halogens is 1. The van der Waals surface area contributed by atoms with Crippen molar-refractivity contribution in [1.29, 1.82) is 0 Å². The molecule has 1 N–H and O–H groups in total. The number of hydrogen-bond donors (Lipinski definition) is 1. The Morgan fingerprint density at radius 2 is 1.60 bits per heavy atom. The number of aromatic nitrogens is 3. The highest BCUT2D eigenvalue weighted by Gasteiger charge is 2.20. The Bertz CT molecular complexity index is 1560. The first-order valence-corrected chi connectivity index (χ1v) is 11.3. The van der Waals surface area contributed by atoms with Crippen LogP contribution in [0.3, 0.4) is 0 Å². The molecule has 0 aliphatic heterocycles. The Labute approximate surface area is 201 Å². The summed E-state index contributed by atoms with van der Waals surface area (Å²) < 4.78 is 16.3. The number of hydrogen-bond acceptors (Lipinski definition) is 3. The molecule has 0 unspecified atom stereocenters. The summed E-state index contributed by atoms with van der Waals surface area (Å²) in [5, 5.41) is 8.38. The van der Waals surface area contributed by atoms with Gasteiger partial charge in [0, 0.05) is 18.0 Å². The van der Waals surface area contributed by atoms with E-state index in [1.807, 2.05) is 67.6 Å². The standard InChI is InChI=1S/C28H23FN4O2/c1-19-27-24(21-8-4-2-5-9-21)16-26(35)32(28(27)33(31-19)23-10-6-3-7-11-23)18-25(34)30-17-20-12-14-22(29)15-13-20/h2-16H,17-18H2,1H3,(H,30,34). The van der Waals surface area contributed by atoms with E-state index in [-0.39, 0.29) is 30.4 Å². The van der Waals surface area contributed by atoms with E-state index in [1.165, 1.54) is 16.7 Å². The van der Waals surface area contributed by atoms with Gasteiger partial charge in [0.15, 0.2) is 0 Å². The molecule has 0 radical (unpaired) electrons. The third-order valence-electron chi connectivity index (χ3n) is 5.89. The average molecular weight is 467 g/mol. The van der Waals surface area contributed by atoms with Crippen molar-refractivity contribution in [2.45, 2.75) is 20.0 Å². The predicted molar refractivity (Wildman–Crippen MR) is 134 cm³/mol. The van der Waals surface area contributed by atoms with Crippen LogP contribution < -0.4 is 10.9 Å². The lowest BCUT2D eigenvalue weighted by atomic mass is 10.0. The maximum atomic E-state index is 13.4. The topological polar surface area (TPSA) is 68.9 Å². The van der Waals surface area contributed by atoms with E-state index in [0.717, 1.165) is 33.5 Å². The number of amides is 1. The number of fused-ring (bicyclic) bond motifs is 1. The van der Waals surface area contributed by atoms with Crippen LogP contribution in [-0.4, -0.2) is 20.3 Å². The van der Waals surface area contributed by atoms with Crippen LogP contribution in [0.4, 0.5) is 4.39 Å². The normalized spacial score (nSPS) is 11.0. The van der Waals surface area contributed by atoms with Gasteiger partial charge in [-0.1, -0.05) is 60.7 Å². The zero-order valence-corrected chi connectivity index (χ0v) is 19.1. The number of nitrogens with zero attached hydrogens (tertiary/aromatic N) is 3. The third-order valence-corrected chi connectivity index (χ3v) is 5.89. The number of nitrogens with one attached hydrogen (secondary N) is 1. The van der Waals surface area contributed by atoms with Gasteiger partial charge in [0.2, 0.25) is 5.91 Å². The Balaban J connectivity index is 1.60. The van der Waals surface area contributed by atoms with Crippen molar-refractivity contribution in [2.24, 2.45) is 0 Å². The van der Waals surface area contributed by atoms with E-state index in [0.29, 0.717) is 5.65 Å². The van der Waals surface area contributed by atoms with Gasteiger partial charge in [0.25, 0.3) is 5.56 Å². The van der Waals surface area contributed by atoms with Crippen LogP contribution in [0.1, 0.15) is 11.3 Å². The van der Waals surface area contributed by atoms with Gasteiger partial charge >= 0.3 is 0 Å². The Morgan fingerprint density at radius 3 is 2.29 bits per heavy atom. The minimum absolute atomic E-state index is 0.177. The van der Waals surface area contributed by atoms with Crippen molar-refractivity contribution < 1.29 is 9.18 Å². The molecule has 5 rings (SSSR count). The molecule has 2 aromatic heterocycles. The van der Waals surface area contributed by atoms with Gasteiger partial charge < -0.3 is 5.32 Å². The highest BCUT2D eigenvalue weighted by atomic mass is 19.1. The molecular formula is C28H23FN4O2. The number of rotatable bonds is 6. The lowest BCUT2D eigenvalue weighted by Crippen LogP contribution is -2.32. The quantitative estimate of drug-likeness (QED) is 0.397. The van der Waals surface area contributed by atoms with Crippen LogP contribution in [0.2, 0.25) is 0 Å². The van der Waals surface area contributed by atoms with Gasteiger partial charge in [-0.25, -0.2) is 9.07 Å². The molecule has 0 aliphatic rings. The van der Waals surface area contributed by atoms with Crippen molar-refractivity contribution in [3.63, 3.8) is 0 Å². The van der Waals surface area contributed by atoms with Crippen molar-refractivity contribution >= 4 is 16.9 Å². The highest BCUT2D eigenvalue weighted by molar-refractivity contribution is 5.96. The fourth-order valence-electron chi connectivity index (χ4n) is 4.21. The first-order chi connectivity index (χ1) is 17.0. The summed E-state index contributed by atoms with van der Waals surface area (Å²) in [6, 6.07) is 26.7. The van der Waals surface area contributed by atoms with Crippen LogP contribution in [0.25, 0.3) is 27.8 Å². The van der Waals surface area contributed by atoms with Gasteiger partial charge in [-0.15, -0.1) is 0 Å². The zero-order valence-electron chi connectivity index (χ0n) is 19.1. The van der Waals surface area contributed by atoms with E-state index in [9.17, 15) is 14.0 Å². The molecule has 174 valence electrons. The third kappa shape index (κ3) is 4.48. The largest absolute Gasteiger partial charge is 0.350 e. The van der Waals surface area contributed by atoms with Gasteiger partial charge in [0.05, 0.1) is 11.4 Å². The number of pyridine rings is 1. The molecule has 0 saturated heterocycles. The SMILES string of the molecule is Cc1nn(-c2ccccc2)c2c1c(-c1ccccc1)cc(=O)n2CC(=O)NCc1ccc(F)cc1. The smallest absolute Gasteiger partial charge is 0.253 e. The fraction of sp³-hybridized carbons (Fsp3) is 0.107. The number of benzene rings is 3. The predicted octanol–water partition coefficient (Wildman–Crippen LogP) is 4.62.